The smallest absolute Gasteiger partial charge is 0.308 e. The van der Waals surface area contributed by atoms with Gasteiger partial charge in [-0.05, 0) is 18.6 Å². The van der Waals surface area contributed by atoms with Crippen molar-refractivity contribution in [2.24, 2.45) is 5.92 Å². The number of carbonyl (C=O) groups is 1. The van der Waals surface area contributed by atoms with Gasteiger partial charge in [0.2, 0.25) is 0 Å². The lowest BCUT2D eigenvalue weighted by molar-refractivity contribution is -0.138. The van der Waals surface area contributed by atoms with Gasteiger partial charge >= 0.3 is 5.97 Å². The molecule has 1 aromatic rings. The molecular formula is C10H10ClNO2. The van der Waals surface area contributed by atoms with E-state index in [-0.39, 0.29) is 12.0 Å². The number of carboxylic acids is 1. The molecule has 0 spiro atoms. The zero-order chi connectivity index (χ0) is 10.1. The molecule has 14 heavy (non-hydrogen) atoms. The minimum absolute atomic E-state index is 0.0346. The maximum absolute atomic E-state index is 10.6. The third-order valence-corrected chi connectivity index (χ3v) is 2.65. The molecule has 1 fully saturated rings. The predicted octanol–water partition coefficient (Wildman–Crippen LogP) is 2.23. The van der Waals surface area contributed by atoms with Gasteiger partial charge in [0.15, 0.2) is 0 Å². The molecule has 0 aliphatic heterocycles. The normalized spacial score (nSPS) is 24.4. The second-order valence-corrected chi connectivity index (χ2v) is 3.82. The number of aliphatic carboxylic acids is 1. The maximum Gasteiger partial charge on any atom is 0.308 e. The van der Waals surface area contributed by atoms with Crippen LogP contribution < -0.4 is 5.32 Å². The molecule has 2 N–H and O–H groups in total. The Morgan fingerprint density at radius 2 is 2.21 bits per heavy atom. The van der Waals surface area contributed by atoms with Gasteiger partial charge < -0.3 is 10.4 Å². The molecule has 3 nitrogen and oxygen atoms in total. The minimum atomic E-state index is -0.741. The highest BCUT2D eigenvalue weighted by Gasteiger charge is 2.43. The monoisotopic (exact) mass is 211 g/mol. The van der Waals surface area contributed by atoms with Crippen molar-refractivity contribution < 1.29 is 9.90 Å². The molecule has 0 bridgehead atoms. The van der Waals surface area contributed by atoms with E-state index in [4.69, 9.17) is 16.7 Å². The van der Waals surface area contributed by atoms with Gasteiger partial charge in [0.25, 0.3) is 0 Å². The van der Waals surface area contributed by atoms with E-state index in [1.54, 1.807) is 6.07 Å². The van der Waals surface area contributed by atoms with Crippen LogP contribution in [0, 0.1) is 5.92 Å². The van der Waals surface area contributed by atoms with E-state index in [0.29, 0.717) is 11.4 Å². The van der Waals surface area contributed by atoms with Crippen LogP contribution >= 0.6 is 11.6 Å². The Morgan fingerprint density at radius 3 is 2.79 bits per heavy atom. The largest absolute Gasteiger partial charge is 0.481 e. The molecule has 74 valence electrons. The summed E-state index contributed by atoms with van der Waals surface area (Å²) in [7, 11) is 0. The van der Waals surface area contributed by atoms with E-state index in [1.165, 1.54) is 0 Å². The van der Waals surface area contributed by atoms with Gasteiger partial charge in [0.05, 0.1) is 16.6 Å². The molecule has 1 saturated carbocycles. The molecule has 4 heteroatoms. The molecule has 1 aliphatic rings. The van der Waals surface area contributed by atoms with Crippen LogP contribution in [0.5, 0.6) is 0 Å². The van der Waals surface area contributed by atoms with Gasteiger partial charge in [0.1, 0.15) is 0 Å². The summed E-state index contributed by atoms with van der Waals surface area (Å²) >= 11 is 5.91. The average Bonchev–Trinajstić information content (AvgIpc) is 2.88. The number of benzene rings is 1. The minimum Gasteiger partial charge on any atom is -0.481 e. The summed E-state index contributed by atoms with van der Waals surface area (Å²) in [5.74, 6) is -0.999. The number of carboxylic acid groups (broad SMARTS) is 1. The first-order valence-corrected chi connectivity index (χ1v) is 4.80. The fraction of sp³-hybridized carbons (Fsp3) is 0.300. The molecule has 0 aromatic heterocycles. The van der Waals surface area contributed by atoms with E-state index in [0.717, 1.165) is 5.69 Å². The number of hydrogen-bond donors (Lipinski definition) is 2. The van der Waals surface area contributed by atoms with Crippen LogP contribution in [0.15, 0.2) is 24.3 Å². The van der Waals surface area contributed by atoms with Crippen LogP contribution in [0.4, 0.5) is 5.69 Å². The number of rotatable bonds is 3. The van der Waals surface area contributed by atoms with Crippen molar-refractivity contribution in [2.45, 2.75) is 12.5 Å². The summed E-state index contributed by atoms with van der Waals surface area (Å²) in [4.78, 5) is 10.6. The Balaban J connectivity index is 2.00. The first-order chi connectivity index (χ1) is 6.68. The van der Waals surface area contributed by atoms with Crippen molar-refractivity contribution in [2.75, 3.05) is 5.32 Å². The Kier molecular flexibility index (Phi) is 2.33. The predicted molar refractivity (Wildman–Crippen MR) is 54.6 cm³/mol. The standard InChI is InChI=1S/C10H10ClNO2/c11-7-3-1-2-4-8(7)12-9-5-6(9)10(13)14/h1-4,6,9,12H,5H2,(H,13,14). The molecule has 0 heterocycles. The number of nitrogens with one attached hydrogen (secondary N) is 1. The van der Waals surface area contributed by atoms with Crippen molar-refractivity contribution in [1.82, 2.24) is 0 Å². The van der Waals surface area contributed by atoms with E-state index in [1.807, 2.05) is 18.2 Å². The van der Waals surface area contributed by atoms with Crippen LogP contribution in [0.1, 0.15) is 6.42 Å². The van der Waals surface area contributed by atoms with Crippen molar-refractivity contribution in [1.29, 1.82) is 0 Å². The fourth-order valence-electron chi connectivity index (χ4n) is 1.41. The zero-order valence-corrected chi connectivity index (χ0v) is 8.16. The lowest BCUT2D eigenvalue weighted by Crippen LogP contribution is -2.10. The van der Waals surface area contributed by atoms with Crippen LogP contribution in [0.3, 0.4) is 0 Å². The lowest BCUT2D eigenvalue weighted by atomic mass is 10.3. The first kappa shape index (κ1) is 9.34. The summed E-state index contributed by atoms with van der Waals surface area (Å²) in [5.41, 5.74) is 0.808. The third-order valence-electron chi connectivity index (χ3n) is 2.32. The Hall–Kier alpha value is -1.22. The fourth-order valence-corrected chi connectivity index (χ4v) is 1.60. The van der Waals surface area contributed by atoms with Gasteiger partial charge in [-0.15, -0.1) is 0 Å². The van der Waals surface area contributed by atoms with E-state index in [2.05, 4.69) is 5.32 Å². The van der Waals surface area contributed by atoms with Crippen molar-refractivity contribution in [3.8, 4) is 0 Å². The van der Waals surface area contributed by atoms with Gasteiger partial charge in [-0.25, -0.2) is 0 Å². The molecular weight excluding hydrogens is 202 g/mol. The molecule has 0 saturated heterocycles. The van der Waals surface area contributed by atoms with Gasteiger partial charge in [-0.2, -0.15) is 0 Å². The Bertz CT molecular complexity index is 367. The quantitative estimate of drug-likeness (QED) is 0.806. The highest BCUT2D eigenvalue weighted by Crippen LogP contribution is 2.35. The van der Waals surface area contributed by atoms with Crippen LogP contribution in [0.2, 0.25) is 5.02 Å². The highest BCUT2D eigenvalue weighted by molar-refractivity contribution is 6.33. The maximum atomic E-state index is 10.6. The topological polar surface area (TPSA) is 49.3 Å². The second kappa shape index (κ2) is 3.50. The molecule has 2 unspecified atom stereocenters. The van der Waals surface area contributed by atoms with Gasteiger partial charge in [0, 0.05) is 6.04 Å². The SMILES string of the molecule is O=C(O)C1CC1Nc1ccccc1Cl. The molecule has 2 atom stereocenters. The summed E-state index contributed by atoms with van der Waals surface area (Å²) in [5, 5.41) is 12.4. The Labute approximate surface area is 86.7 Å². The summed E-state index contributed by atoms with van der Waals surface area (Å²) in [6, 6.07) is 7.37. The molecule has 1 aromatic carbocycles. The summed E-state index contributed by atoms with van der Waals surface area (Å²) in [6.07, 6.45) is 0.681. The van der Waals surface area contributed by atoms with Crippen molar-refractivity contribution in [3.63, 3.8) is 0 Å². The molecule has 1 aliphatic carbocycles. The van der Waals surface area contributed by atoms with Crippen molar-refractivity contribution in [3.05, 3.63) is 29.3 Å². The van der Waals surface area contributed by atoms with E-state index >= 15 is 0 Å². The van der Waals surface area contributed by atoms with Crippen LogP contribution in [-0.2, 0) is 4.79 Å². The number of hydrogen-bond acceptors (Lipinski definition) is 2. The van der Waals surface area contributed by atoms with Gasteiger partial charge in [-0.3, -0.25) is 4.79 Å². The van der Waals surface area contributed by atoms with Crippen molar-refractivity contribution >= 4 is 23.3 Å². The average molecular weight is 212 g/mol. The number of anilines is 1. The number of halogens is 1. The summed E-state index contributed by atoms with van der Waals surface area (Å²) in [6.45, 7) is 0. The van der Waals surface area contributed by atoms with Crippen LogP contribution in [-0.4, -0.2) is 17.1 Å². The second-order valence-electron chi connectivity index (χ2n) is 3.41. The Morgan fingerprint density at radius 1 is 1.50 bits per heavy atom. The zero-order valence-electron chi connectivity index (χ0n) is 7.40. The third kappa shape index (κ3) is 1.82. The van der Waals surface area contributed by atoms with E-state index in [9.17, 15) is 4.79 Å². The van der Waals surface area contributed by atoms with E-state index < -0.39 is 5.97 Å². The molecule has 0 amide bonds. The molecule has 2 rings (SSSR count). The summed E-state index contributed by atoms with van der Waals surface area (Å²) < 4.78 is 0. The van der Waals surface area contributed by atoms with Gasteiger partial charge in [-0.1, -0.05) is 23.7 Å². The lowest BCUT2D eigenvalue weighted by Gasteiger charge is -2.06. The first-order valence-electron chi connectivity index (χ1n) is 4.42. The number of para-hydroxylation sites is 1. The molecule has 0 radical (unpaired) electrons. The van der Waals surface area contributed by atoms with Crippen LogP contribution in [0.25, 0.3) is 0 Å². The highest BCUT2D eigenvalue weighted by atomic mass is 35.5.